The van der Waals surface area contributed by atoms with Crippen LogP contribution < -0.4 is 15.0 Å². The number of anilines is 1. The molecule has 1 aliphatic rings. The molecule has 158 valence electrons. The lowest BCUT2D eigenvalue weighted by Gasteiger charge is -2.40. The smallest absolute Gasteiger partial charge is 0.311 e. The van der Waals surface area contributed by atoms with Crippen LogP contribution in [0.4, 0.5) is 5.69 Å². The normalized spacial score (nSPS) is 18.6. The van der Waals surface area contributed by atoms with Crippen LogP contribution in [0.5, 0.6) is 5.75 Å². The van der Waals surface area contributed by atoms with Crippen LogP contribution in [-0.2, 0) is 19.1 Å². The van der Waals surface area contributed by atoms with Gasteiger partial charge in [-0.3, -0.25) is 14.4 Å². The first-order valence-electron chi connectivity index (χ1n) is 9.84. The quantitative estimate of drug-likeness (QED) is 0.741. The van der Waals surface area contributed by atoms with Crippen LogP contribution in [0.3, 0.4) is 0 Å². The molecular formula is C23H26N2O5. The summed E-state index contributed by atoms with van der Waals surface area (Å²) < 4.78 is 10.5. The van der Waals surface area contributed by atoms with E-state index in [4.69, 9.17) is 9.47 Å². The van der Waals surface area contributed by atoms with Gasteiger partial charge in [0.05, 0.1) is 19.1 Å². The molecule has 1 N–H and O–H groups in total. The Kier molecular flexibility index (Phi) is 6.72. The number of methoxy groups -OCH3 is 1. The third kappa shape index (κ3) is 4.62. The van der Waals surface area contributed by atoms with Crippen molar-refractivity contribution in [2.75, 3.05) is 25.7 Å². The summed E-state index contributed by atoms with van der Waals surface area (Å²) in [5, 5.41) is 2.43. The number of carbonyl (C=O) groups excluding carboxylic acids is 3. The first kappa shape index (κ1) is 21.4. The molecule has 2 atom stereocenters. The maximum absolute atomic E-state index is 13.0. The third-order valence-electron chi connectivity index (χ3n) is 5.29. The van der Waals surface area contributed by atoms with E-state index in [-0.39, 0.29) is 24.8 Å². The van der Waals surface area contributed by atoms with Crippen molar-refractivity contribution < 1.29 is 23.9 Å². The van der Waals surface area contributed by atoms with E-state index in [9.17, 15) is 14.4 Å². The Morgan fingerprint density at radius 2 is 1.77 bits per heavy atom. The minimum absolute atomic E-state index is 0.0602. The number of benzene rings is 2. The Bertz CT molecular complexity index is 908. The van der Waals surface area contributed by atoms with Crippen molar-refractivity contribution in [3.8, 4) is 5.75 Å². The number of carbonyl (C=O) groups is 3. The van der Waals surface area contributed by atoms with Crippen LogP contribution in [0.1, 0.15) is 30.0 Å². The Balaban J connectivity index is 1.99. The Labute approximate surface area is 176 Å². The molecule has 0 aromatic heterocycles. The Morgan fingerprint density at radius 1 is 1.10 bits per heavy atom. The zero-order valence-electron chi connectivity index (χ0n) is 17.4. The summed E-state index contributed by atoms with van der Waals surface area (Å²) in [5.74, 6) is -0.853. The number of hydrogen-bond acceptors (Lipinski definition) is 5. The zero-order valence-corrected chi connectivity index (χ0v) is 17.4. The van der Waals surface area contributed by atoms with Gasteiger partial charge in [0.2, 0.25) is 5.91 Å². The molecule has 1 fully saturated rings. The molecule has 7 heteroatoms. The van der Waals surface area contributed by atoms with Gasteiger partial charge in [0.25, 0.3) is 5.91 Å². The summed E-state index contributed by atoms with van der Waals surface area (Å²) in [7, 11) is 3.06. The molecule has 1 aliphatic heterocycles. The Hall–Kier alpha value is -3.35. The second-order valence-electron chi connectivity index (χ2n) is 7.24. The maximum atomic E-state index is 13.0. The molecule has 0 radical (unpaired) electrons. The molecule has 7 nitrogen and oxygen atoms in total. The second-order valence-corrected chi connectivity index (χ2v) is 7.24. The van der Waals surface area contributed by atoms with Gasteiger partial charge < -0.3 is 19.7 Å². The summed E-state index contributed by atoms with van der Waals surface area (Å²) in [6.07, 6.45) is 0.574. The SMILES string of the molecule is CNC(=O)COC(=O)[C@H]1CCC(=O)N(c2ccc(C)cc2)[C@H]1c1ccc(OC)cc1. The fourth-order valence-electron chi connectivity index (χ4n) is 3.65. The van der Waals surface area contributed by atoms with E-state index >= 15 is 0 Å². The molecule has 0 spiro atoms. The maximum Gasteiger partial charge on any atom is 0.311 e. The number of rotatable bonds is 6. The number of likely N-dealkylation sites (N-methyl/N-ethyl adjacent to an activating group) is 1. The topological polar surface area (TPSA) is 84.9 Å². The van der Waals surface area contributed by atoms with Gasteiger partial charge in [0, 0.05) is 19.2 Å². The number of ether oxygens (including phenoxy) is 2. The number of nitrogens with zero attached hydrogens (tertiary/aromatic N) is 1. The highest BCUT2D eigenvalue weighted by atomic mass is 16.5. The fraction of sp³-hybridized carbons (Fsp3) is 0.348. The fourth-order valence-corrected chi connectivity index (χ4v) is 3.65. The van der Waals surface area contributed by atoms with Gasteiger partial charge in [-0.15, -0.1) is 0 Å². The third-order valence-corrected chi connectivity index (χ3v) is 5.29. The highest BCUT2D eigenvalue weighted by Crippen LogP contribution is 2.41. The molecule has 0 unspecified atom stereocenters. The van der Waals surface area contributed by atoms with Crippen molar-refractivity contribution in [2.45, 2.75) is 25.8 Å². The second kappa shape index (κ2) is 9.43. The molecule has 2 amide bonds. The van der Waals surface area contributed by atoms with Crippen LogP contribution in [0.2, 0.25) is 0 Å². The van der Waals surface area contributed by atoms with E-state index in [1.54, 1.807) is 24.1 Å². The lowest BCUT2D eigenvalue weighted by molar-refractivity contribution is -0.154. The van der Waals surface area contributed by atoms with Crippen molar-refractivity contribution in [1.82, 2.24) is 5.32 Å². The summed E-state index contributed by atoms with van der Waals surface area (Å²) in [4.78, 5) is 39.0. The zero-order chi connectivity index (χ0) is 21.7. The molecule has 2 aromatic rings. The number of aryl methyl sites for hydroxylation is 1. The van der Waals surface area contributed by atoms with Crippen LogP contribution >= 0.6 is 0 Å². The minimum atomic E-state index is -0.595. The molecule has 0 bridgehead atoms. The highest BCUT2D eigenvalue weighted by molar-refractivity contribution is 5.97. The highest BCUT2D eigenvalue weighted by Gasteiger charge is 2.42. The molecule has 0 aliphatic carbocycles. The van der Waals surface area contributed by atoms with Gasteiger partial charge in [-0.2, -0.15) is 0 Å². The van der Waals surface area contributed by atoms with Gasteiger partial charge in [0.1, 0.15) is 5.75 Å². The van der Waals surface area contributed by atoms with Crippen LogP contribution in [-0.4, -0.2) is 38.5 Å². The summed E-state index contributed by atoms with van der Waals surface area (Å²) >= 11 is 0. The molecule has 0 saturated carbocycles. The van der Waals surface area contributed by atoms with E-state index in [0.717, 1.165) is 16.8 Å². The number of amides is 2. The van der Waals surface area contributed by atoms with Gasteiger partial charge in [-0.1, -0.05) is 29.8 Å². The van der Waals surface area contributed by atoms with Crippen LogP contribution in [0.15, 0.2) is 48.5 Å². The average molecular weight is 410 g/mol. The minimum Gasteiger partial charge on any atom is -0.497 e. The predicted octanol–water partition coefficient (Wildman–Crippen LogP) is 2.78. The lowest BCUT2D eigenvalue weighted by Crippen LogP contribution is -2.46. The summed E-state index contributed by atoms with van der Waals surface area (Å²) in [6.45, 7) is 1.63. The van der Waals surface area contributed by atoms with Crippen molar-refractivity contribution in [3.05, 3.63) is 59.7 Å². The molecule has 1 saturated heterocycles. The van der Waals surface area contributed by atoms with Crippen molar-refractivity contribution in [1.29, 1.82) is 0 Å². The van der Waals surface area contributed by atoms with Gasteiger partial charge in [0.15, 0.2) is 6.61 Å². The van der Waals surface area contributed by atoms with E-state index < -0.39 is 17.9 Å². The number of esters is 1. The van der Waals surface area contributed by atoms with Crippen molar-refractivity contribution >= 4 is 23.5 Å². The number of hydrogen-bond donors (Lipinski definition) is 1. The number of piperidine rings is 1. The molecule has 1 heterocycles. The van der Waals surface area contributed by atoms with Crippen molar-refractivity contribution in [2.24, 2.45) is 5.92 Å². The number of nitrogens with one attached hydrogen (secondary N) is 1. The van der Waals surface area contributed by atoms with E-state index in [1.165, 1.54) is 7.05 Å². The first-order valence-corrected chi connectivity index (χ1v) is 9.84. The molecular weight excluding hydrogens is 384 g/mol. The van der Waals surface area contributed by atoms with Crippen LogP contribution in [0.25, 0.3) is 0 Å². The lowest BCUT2D eigenvalue weighted by atomic mass is 9.83. The summed E-state index contributed by atoms with van der Waals surface area (Å²) in [5.41, 5.74) is 2.59. The Morgan fingerprint density at radius 3 is 2.37 bits per heavy atom. The molecule has 3 rings (SSSR count). The molecule has 2 aromatic carbocycles. The van der Waals surface area contributed by atoms with E-state index in [1.807, 2.05) is 43.3 Å². The van der Waals surface area contributed by atoms with Crippen LogP contribution in [0, 0.1) is 12.8 Å². The monoisotopic (exact) mass is 410 g/mol. The first-order chi connectivity index (χ1) is 14.4. The van der Waals surface area contributed by atoms with Gasteiger partial charge >= 0.3 is 5.97 Å². The average Bonchev–Trinajstić information content (AvgIpc) is 2.77. The standard InChI is InChI=1S/C23H26N2O5/c1-15-4-8-17(9-5-15)25-21(27)13-12-19(23(28)30-14-20(26)24-2)22(25)16-6-10-18(29-3)11-7-16/h4-11,19,22H,12-14H2,1-3H3,(H,24,26)/t19-,22-/m0/s1. The predicted molar refractivity (Wildman–Crippen MR) is 112 cm³/mol. The summed E-state index contributed by atoms with van der Waals surface area (Å²) in [6, 6.07) is 14.4. The van der Waals surface area contributed by atoms with Gasteiger partial charge in [-0.05, 0) is 43.2 Å². The largest absolute Gasteiger partial charge is 0.497 e. The van der Waals surface area contributed by atoms with Gasteiger partial charge in [-0.25, -0.2) is 0 Å². The van der Waals surface area contributed by atoms with E-state index in [0.29, 0.717) is 12.2 Å². The van der Waals surface area contributed by atoms with Crippen molar-refractivity contribution in [3.63, 3.8) is 0 Å². The molecule has 30 heavy (non-hydrogen) atoms. The van der Waals surface area contributed by atoms with E-state index in [2.05, 4.69) is 5.32 Å².